The van der Waals surface area contributed by atoms with E-state index < -0.39 is 5.82 Å². The quantitative estimate of drug-likeness (QED) is 0.523. The molecule has 7 heteroatoms. The SMILES string of the molecule is Cn1cc(COc2ccc(N=C(N)CCl)cc2F)cn1. The van der Waals surface area contributed by atoms with Gasteiger partial charge in [-0.05, 0) is 12.1 Å². The van der Waals surface area contributed by atoms with E-state index in [-0.39, 0.29) is 24.1 Å². The van der Waals surface area contributed by atoms with Gasteiger partial charge in [-0.3, -0.25) is 4.68 Å². The van der Waals surface area contributed by atoms with E-state index in [1.54, 1.807) is 30.2 Å². The largest absolute Gasteiger partial charge is 0.486 e. The fourth-order valence-corrected chi connectivity index (χ4v) is 1.64. The molecular weight excluding hydrogens is 283 g/mol. The van der Waals surface area contributed by atoms with Crippen molar-refractivity contribution in [2.75, 3.05) is 5.88 Å². The van der Waals surface area contributed by atoms with Crippen molar-refractivity contribution in [1.29, 1.82) is 0 Å². The van der Waals surface area contributed by atoms with Crippen LogP contribution < -0.4 is 10.5 Å². The molecule has 1 aromatic heterocycles. The van der Waals surface area contributed by atoms with Gasteiger partial charge in [0.25, 0.3) is 0 Å². The topological polar surface area (TPSA) is 65.4 Å². The first-order valence-corrected chi connectivity index (χ1v) is 6.41. The Balaban J connectivity index is 2.06. The van der Waals surface area contributed by atoms with Gasteiger partial charge < -0.3 is 10.5 Å². The lowest BCUT2D eigenvalue weighted by Gasteiger charge is -2.06. The van der Waals surface area contributed by atoms with Crippen LogP contribution in [0, 0.1) is 5.82 Å². The molecule has 2 rings (SSSR count). The molecule has 0 aliphatic carbocycles. The van der Waals surface area contributed by atoms with Crippen LogP contribution in [0.15, 0.2) is 35.6 Å². The van der Waals surface area contributed by atoms with Crippen molar-refractivity contribution < 1.29 is 9.13 Å². The van der Waals surface area contributed by atoms with E-state index in [2.05, 4.69) is 10.1 Å². The molecule has 0 radical (unpaired) electrons. The molecule has 0 fully saturated rings. The van der Waals surface area contributed by atoms with Crippen LogP contribution in [0.3, 0.4) is 0 Å². The van der Waals surface area contributed by atoms with Crippen LogP contribution in [-0.4, -0.2) is 21.5 Å². The third kappa shape index (κ3) is 3.71. The summed E-state index contributed by atoms with van der Waals surface area (Å²) in [5.41, 5.74) is 6.74. The molecule has 0 aliphatic rings. The van der Waals surface area contributed by atoms with Gasteiger partial charge in [0, 0.05) is 24.9 Å². The minimum atomic E-state index is -0.502. The summed E-state index contributed by atoms with van der Waals surface area (Å²) in [6.45, 7) is 0.247. The molecule has 0 bridgehead atoms. The number of hydrogen-bond acceptors (Lipinski definition) is 3. The van der Waals surface area contributed by atoms with E-state index in [4.69, 9.17) is 22.1 Å². The zero-order valence-electron chi connectivity index (χ0n) is 10.9. The fourth-order valence-electron chi connectivity index (χ4n) is 1.58. The Morgan fingerprint density at radius 2 is 2.35 bits per heavy atom. The van der Waals surface area contributed by atoms with Crippen molar-refractivity contribution >= 4 is 23.1 Å². The number of nitrogens with zero attached hydrogens (tertiary/aromatic N) is 3. The van der Waals surface area contributed by atoms with E-state index in [1.165, 1.54) is 12.1 Å². The molecule has 106 valence electrons. The summed E-state index contributed by atoms with van der Waals surface area (Å²) < 4.78 is 20.9. The van der Waals surface area contributed by atoms with Gasteiger partial charge in [0.1, 0.15) is 12.4 Å². The van der Waals surface area contributed by atoms with Crippen LogP contribution in [0.1, 0.15) is 5.56 Å². The molecule has 20 heavy (non-hydrogen) atoms. The molecular formula is C13H14ClFN4O. The Bertz CT molecular complexity index is 627. The van der Waals surface area contributed by atoms with Gasteiger partial charge >= 0.3 is 0 Å². The Morgan fingerprint density at radius 3 is 2.95 bits per heavy atom. The highest BCUT2D eigenvalue weighted by Crippen LogP contribution is 2.23. The maximum Gasteiger partial charge on any atom is 0.167 e. The number of aromatic nitrogens is 2. The lowest BCUT2D eigenvalue weighted by molar-refractivity contribution is 0.290. The van der Waals surface area contributed by atoms with Crippen LogP contribution in [0.2, 0.25) is 0 Å². The number of ether oxygens (including phenoxy) is 1. The average Bonchev–Trinajstić information content (AvgIpc) is 2.83. The second-order valence-electron chi connectivity index (χ2n) is 4.16. The summed E-state index contributed by atoms with van der Waals surface area (Å²) in [5, 5.41) is 4.01. The van der Waals surface area contributed by atoms with Gasteiger partial charge in [-0.25, -0.2) is 9.38 Å². The Morgan fingerprint density at radius 1 is 1.55 bits per heavy atom. The van der Waals surface area contributed by atoms with Crippen molar-refractivity contribution in [3.05, 3.63) is 42.0 Å². The van der Waals surface area contributed by atoms with Crippen LogP contribution in [0.25, 0.3) is 0 Å². The Hall–Kier alpha value is -2.08. The molecule has 5 nitrogen and oxygen atoms in total. The minimum absolute atomic E-state index is 0.0981. The highest BCUT2D eigenvalue weighted by atomic mass is 35.5. The lowest BCUT2D eigenvalue weighted by atomic mass is 10.3. The molecule has 1 aromatic carbocycles. The van der Waals surface area contributed by atoms with Gasteiger partial charge in [-0.15, -0.1) is 11.6 Å². The van der Waals surface area contributed by atoms with Gasteiger partial charge in [0.15, 0.2) is 11.6 Å². The second kappa shape index (κ2) is 6.38. The van der Waals surface area contributed by atoms with Crippen LogP contribution in [-0.2, 0) is 13.7 Å². The first kappa shape index (κ1) is 14.3. The zero-order chi connectivity index (χ0) is 14.5. The number of aliphatic imine (C=N–C) groups is 1. The highest BCUT2D eigenvalue weighted by molar-refractivity contribution is 6.28. The number of benzene rings is 1. The van der Waals surface area contributed by atoms with Crippen molar-refractivity contribution in [3.8, 4) is 5.75 Å². The number of rotatable bonds is 5. The molecule has 0 saturated heterocycles. The Kier molecular flexibility index (Phi) is 4.57. The van der Waals surface area contributed by atoms with Crippen LogP contribution >= 0.6 is 11.6 Å². The summed E-state index contributed by atoms with van der Waals surface area (Å²) in [4.78, 5) is 3.95. The molecule has 2 N–H and O–H groups in total. The number of amidine groups is 1. The minimum Gasteiger partial charge on any atom is -0.486 e. The predicted molar refractivity (Wildman–Crippen MR) is 75.9 cm³/mol. The molecule has 0 amide bonds. The summed E-state index contributed by atoms with van der Waals surface area (Å²) >= 11 is 5.51. The van der Waals surface area contributed by atoms with Gasteiger partial charge in [-0.1, -0.05) is 0 Å². The molecule has 0 aliphatic heterocycles. The number of nitrogens with two attached hydrogens (primary N) is 1. The first-order chi connectivity index (χ1) is 9.58. The number of aryl methyl sites for hydroxylation is 1. The van der Waals surface area contributed by atoms with E-state index in [1.807, 2.05) is 0 Å². The number of hydrogen-bond donors (Lipinski definition) is 1. The monoisotopic (exact) mass is 296 g/mol. The van der Waals surface area contributed by atoms with Gasteiger partial charge in [0.2, 0.25) is 0 Å². The fraction of sp³-hybridized carbons (Fsp3) is 0.231. The van der Waals surface area contributed by atoms with E-state index >= 15 is 0 Å². The van der Waals surface area contributed by atoms with Crippen molar-refractivity contribution in [1.82, 2.24) is 9.78 Å². The van der Waals surface area contributed by atoms with Crippen LogP contribution in [0.4, 0.5) is 10.1 Å². The van der Waals surface area contributed by atoms with Gasteiger partial charge in [0.05, 0.1) is 17.8 Å². The molecule has 1 heterocycles. The lowest BCUT2D eigenvalue weighted by Crippen LogP contribution is -2.12. The van der Waals surface area contributed by atoms with E-state index in [0.717, 1.165) is 5.56 Å². The molecule has 0 atom stereocenters. The van der Waals surface area contributed by atoms with Crippen molar-refractivity contribution in [2.45, 2.75) is 6.61 Å². The zero-order valence-corrected chi connectivity index (χ0v) is 11.6. The standard InChI is InChI=1S/C13H14ClFN4O/c1-19-7-9(6-17-19)8-20-12-3-2-10(4-11(12)15)18-13(16)5-14/h2-4,6-7H,5,8H2,1H3,(H2,16,18). The van der Waals surface area contributed by atoms with Crippen molar-refractivity contribution in [2.24, 2.45) is 17.8 Å². The molecule has 0 saturated carbocycles. The third-order valence-corrected chi connectivity index (χ3v) is 2.75. The predicted octanol–water partition coefficient (Wildman–Crippen LogP) is 2.37. The maximum atomic E-state index is 13.8. The summed E-state index contributed by atoms with van der Waals surface area (Å²) in [6, 6.07) is 4.37. The summed E-state index contributed by atoms with van der Waals surface area (Å²) in [6.07, 6.45) is 3.47. The first-order valence-electron chi connectivity index (χ1n) is 5.87. The van der Waals surface area contributed by atoms with E-state index in [0.29, 0.717) is 5.69 Å². The second-order valence-corrected chi connectivity index (χ2v) is 4.43. The average molecular weight is 297 g/mol. The van der Waals surface area contributed by atoms with Gasteiger partial charge in [-0.2, -0.15) is 5.10 Å². The Labute approximate surface area is 120 Å². The molecule has 2 aromatic rings. The number of halogens is 2. The normalized spacial score (nSPS) is 11.7. The third-order valence-electron chi connectivity index (χ3n) is 2.48. The van der Waals surface area contributed by atoms with Crippen molar-refractivity contribution in [3.63, 3.8) is 0 Å². The molecule has 0 spiro atoms. The van der Waals surface area contributed by atoms with E-state index in [9.17, 15) is 4.39 Å². The maximum absolute atomic E-state index is 13.8. The highest BCUT2D eigenvalue weighted by Gasteiger charge is 2.06. The van der Waals surface area contributed by atoms with Crippen LogP contribution in [0.5, 0.6) is 5.75 Å². The summed E-state index contributed by atoms with van der Waals surface area (Å²) in [7, 11) is 1.80. The number of alkyl halides is 1. The molecule has 0 unspecified atom stereocenters. The smallest absolute Gasteiger partial charge is 0.167 e. The summed E-state index contributed by atoms with van der Waals surface area (Å²) in [5.74, 6) is -0.0224.